The molecule has 0 aromatic heterocycles. The molecule has 0 radical (unpaired) electrons. The van der Waals surface area contributed by atoms with Gasteiger partial charge in [0.2, 0.25) is 11.8 Å². The van der Waals surface area contributed by atoms with Crippen molar-refractivity contribution in [2.45, 2.75) is 19.8 Å². The first-order valence-electron chi connectivity index (χ1n) is 7.60. The molecule has 2 atom stereocenters. The van der Waals surface area contributed by atoms with E-state index in [0.717, 1.165) is 0 Å². The van der Waals surface area contributed by atoms with Crippen LogP contribution < -0.4 is 5.32 Å². The maximum absolute atomic E-state index is 12.4. The Balaban J connectivity index is 1.99. The van der Waals surface area contributed by atoms with E-state index in [-0.39, 0.29) is 12.5 Å². The highest BCUT2D eigenvalue weighted by Crippen LogP contribution is 2.40. The Kier molecular flexibility index (Phi) is 6.07. The molecule has 8 heteroatoms. The number of carboxylic acid groups (broad SMARTS) is 1. The molecule has 1 aromatic carbocycles. The van der Waals surface area contributed by atoms with E-state index in [1.54, 1.807) is 12.1 Å². The predicted octanol–water partition coefficient (Wildman–Crippen LogP) is 2.89. The summed E-state index contributed by atoms with van der Waals surface area (Å²) in [6, 6.07) is 4.69. The summed E-state index contributed by atoms with van der Waals surface area (Å²) in [6.45, 7) is 2.12. The average molecular weight is 373 g/mol. The van der Waals surface area contributed by atoms with Gasteiger partial charge >= 0.3 is 5.97 Å². The summed E-state index contributed by atoms with van der Waals surface area (Å²) >= 11 is 11.9. The molecule has 1 aliphatic rings. The zero-order chi connectivity index (χ0) is 17.9. The van der Waals surface area contributed by atoms with Gasteiger partial charge in [-0.25, -0.2) is 0 Å². The minimum Gasteiger partial charge on any atom is -0.481 e. The molecule has 1 aliphatic carbocycles. The normalized spacial score (nSPS) is 18.8. The zero-order valence-electron chi connectivity index (χ0n) is 13.1. The summed E-state index contributed by atoms with van der Waals surface area (Å²) in [6.07, 6.45) is 0.998. The van der Waals surface area contributed by atoms with Crippen LogP contribution in [-0.4, -0.2) is 40.9 Å². The lowest BCUT2D eigenvalue weighted by Crippen LogP contribution is -2.40. The van der Waals surface area contributed by atoms with Crippen molar-refractivity contribution >= 4 is 46.7 Å². The highest BCUT2D eigenvalue weighted by Gasteiger charge is 2.49. The van der Waals surface area contributed by atoms with Crippen molar-refractivity contribution in [2.24, 2.45) is 11.8 Å². The number of hydrogen-bond donors (Lipinski definition) is 2. The monoisotopic (exact) mass is 372 g/mol. The number of carbonyl (C=O) groups excluding carboxylic acids is 2. The Morgan fingerprint density at radius 3 is 2.58 bits per heavy atom. The maximum Gasteiger partial charge on any atom is 0.307 e. The summed E-state index contributed by atoms with van der Waals surface area (Å²) in [5.74, 6) is -2.84. The number of carboxylic acids is 1. The lowest BCUT2D eigenvalue weighted by Gasteiger charge is -2.22. The van der Waals surface area contributed by atoms with E-state index in [0.29, 0.717) is 35.1 Å². The van der Waals surface area contributed by atoms with Crippen LogP contribution in [0.25, 0.3) is 0 Å². The number of halogens is 2. The van der Waals surface area contributed by atoms with Crippen molar-refractivity contribution in [2.75, 3.05) is 18.4 Å². The number of amides is 2. The molecule has 1 saturated carbocycles. The van der Waals surface area contributed by atoms with Crippen molar-refractivity contribution in [3.63, 3.8) is 0 Å². The smallest absolute Gasteiger partial charge is 0.307 e. The fraction of sp³-hybridized carbons (Fsp3) is 0.438. The lowest BCUT2D eigenvalue weighted by atomic mass is 10.2. The standard InChI is InChI=1S/C16H18Cl2N2O4/c1-2-5-20(15(22)10-7-11(10)16(23)24)8-14(21)19-13-6-9(17)3-4-12(13)18/h3-4,6,10-11H,2,5,7-8H2,1H3,(H,19,21)(H,23,24). The molecule has 1 aromatic rings. The first-order chi connectivity index (χ1) is 11.3. The highest BCUT2D eigenvalue weighted by molar-refractivity contribution is 6.35. The van der Waals surface area contributed by atoms with Crippen molar-refractivity contribution < 1.29 is 19.5 Å². The minimum absolute atomic E-state index is 0.154. The van der Waals surface area contributed by atoms with Gasteiger partial charge in [0.15, 0.2) is 0 Å². The van der Waals surface area contributed by atoms with Gasteiger partial charge in [0.05, 0.1) is 29.1 Å². The lowest BCUT2D eigenvalue weighted by molar-refractivity contribution is -0.142. The van der Waals surface area contributed by atoms with Gasteiger partial charge in [-0.2, -0.15) is 0 Å². The van der Waals surface area contributed by atoms with Gasteiger partial charge < -0.3 is 15.3 Å². The van der Waals surface area contributed by atoms with Crippen LogP contribution in [0, 0.1) is 11.8 Å². The minimum atomic E-state index is -0.972. The molecule has 0 aliphatic heterocycles. The number of anilines is 1. The third-order valence-electron chi connectivity index (χ3n) is 3.77. The summed E-state index contributed by atoms with van der Waals surface area (Å²) in [4.78, 5) is 36.9. The molecule has 2 N–H and O–H groups in total. The van der Waals surface area contributed by atoms with Gasteiger partial charge in [-0.3, -0.25) is 14.4 Å². The van der Waals surface area contributed by atoms with Gasteiger partial charge in [0.25, 0.3) is 0 Å². The van der Waals surface area contributed by atoms with Crippen molar-refractivity contribution in [1.82, 2.24) is 4.90 Å². The first kappa shape index (κ1) is 18.5. The Morgan fingerprint density at radius 2 is 2.00 bits per heavy atom. The fourth-order valence-corrected chi connectivity index (χ4v) is 2.81. The highest BCUT2D eigenvalue weighted by atomic mass is 35.5. The van der Waals surface area contributed by atoms with E-state index in [9.17, 15) is 14.4 Å². The van der Waals surface area contributed by atoms with Crippen LogP contribution in [0.15, 0.2) is 18.2 Å². The first-order valence-corrected chi connectivity index (χ1v) is 8.35. The summed E-state index contributed by atoms with van der Waals surface area (Å²) in [5, 5.41) is 12.3. The van der Waals surface area contributed by atoms with Gasteiger partial charge in [-0.1, -0.05) is 30.1 Å². The predicted molar refractivity (Wildman–Crippen MR) is 91.2 cm³/mol. The Bertz CT molecular complexity index is 665. The van der Waals surface area contributed by atoms with E-state index in [1.807, 2.05) is 6.92 Å². The number of benzene rings is 1. The quantitative estimate of drug-likeness (QED) is 0.770. The summed E-state index contributed by atoms with van der Waals surface area (Å²) in [5.41, 5.74) is 0.368. The van der Waals surface area contributed by atoms with Gasteiger partial charge in [-0.05, 0) is 31.0 Å². The molecule has 0 saturated heterocycles. The van der Waals surface area contributed by atoms with E-state index >= 15 is 0 Å². The molecule has 6 nitrogen and oxygen atoms in total. The van der Waals surface area contributed by atoms with Crippen LogP contribution in [-0.2, 0) is 14.4 Å². The molecule has 130 valence electrons. The Hall–Kier alpha value is -1.79. The van der Waals surface area contributed by atoms with Crippen LogP contribution >= 0.6 is 23.2 Å². The number of nitrogens with one attached hydrogen (secondary N) is 1. The van der Waals surface area contributed by atoms with E-state index in [1.165, 1.54) is 11.0 Å². The number of carbonyl (C=O) groups is 3. The van der Waals surface area contributed by atoms with Gasteiger partial charge in [-0.15, -0.1) is 0 Å². The van der Waals surface area contributed by atoms with Crippen molar-refractivity contribution in [3.05, 3.63) is 28.2 Å². The second kappa shape index (κ2) is 7.85. The van der Waals surface area contributed by atoms with Crippen LogP contribution in [0.4, 0.5) is 5.69 Å². The third kappa shape index (κ3) is 4.61. The second-order valence-electron chi connectivity index (χ2n) is 5.72. The van der Waals surface area contributed by atoms with E-state index in [4.69, 9.17) is 28.3 Å². The SMILES string of the molecule is CCCN(CC(=O)Nc1cc(Cl)ccc1Cl)C(=O)C1CC1C(=O)O. The summed E-state index contributed by atoms with van der Waals surface area (Å²) < 4.78 is 0. The topological polar surface area (TPSA) is 86.7 Å². The fourth-order valence-electron chi connectivity index (χ4n) is 2.47. The van der Waals surface area contributed by atoms with E-state index < -0.39 is 23.7 Å². The van der Waals surface area contributed by atoms with Crippen LogP contribution in [0.2, 0.25) is 10.0 Å². The Labute approximate surface area is 149 Å². The molecule has 0 heterocycles. The van der Waals surface area contributed by atoms with Crippen LogP contribution in [0.1, 0.15) is 19.8 Å². The average Bonchev–Trinajstić information content (AvgIpc) is 3.30. The number of nitrogens with zero attached hydrogens (tertiary/aromatic N) is 1. The van der Waals surface area contributed by atoms with Crippen molar-refractivity contribution in [3.8, 4) is 0 Å². The molecular weight excluding hydrogens is 355 g/mol. The molecule has 2 unspecified atom stereocenters. The molecule has 24 heavy (non-hydrogen) atoms. The van der Waals surface area contributed by atoms with Crippen LogP contribution in [0.5, 0.6) is 0 Å². The van der Waals surface area contributed by atoms with Crippen molar-refractivity contribution in [1.29, 1.82) is 0 Å². The van der Waals surface area contributed by atoms with Crippen LogP contribution in [0.3, 0.4) is 0 Å². The molecule has 2 rings (SSSR count). The second-order valence-corrected chi connectivity index (χ2v) is 6.56. The number of hydrogen-bond acceptors (Lipinski definition) is 3. The molecule has 0 bridgehead atoms. The summed E-state index contributed by atoms with van der Waals surface area (Å²) in [7, 11) is 0. The third-order valence-corrected chi connectivity index (χ3v) is 4.33. The molecule has 2 amide bonds. The van der Waals surface area contributed by atoms with Gasteiger partial charge in [0.1, 0.15) is 0 Å². The maximum atomic E-state index is 12.4. The zero-order valence-corrected chi connectivity index (χ0v) is 14.6. The Morgan fingerprint density at radius 1 is 1.29 bits per heavy atom. The molecule has 1 fully saturated rings. The van der Waals surface area contributed by atoms with E-state index in [2.05, 4.69) is 5.32 Å². The largest absolute Gasteiger partial charge is 0.481 e. The molecular formula is C16H18Cl2N2O4. The van der Waals surface area contributed by atoms with Gasteiger partial charge in [0, 0.05) is 11.6 Å². The number of aliphatic carboxylic acids is 1. The molecule has 0 spiro atoms. The number of rotatable bonds is 7.